The van der Waals surface area contributed by atoms with Crippen LogP contribution in [0, 0.1) is 5.82 Å². The third kappa shape index (κ3) is 2.91. The van der Waals surface area contributed by atoms with Gasteiger partial charge in [0.05, 0.1) is 5.75 Å². The van der Waals surface area contributed by atoms with Gasteiger partial charge in [0, 0.05) is 10.7 Å². The van der Waals surface area contributed by atoms with Crippen molar-refractivity contribution in [3.05, 3.63) is 22.6 Å². The Bertz CT molecular complexity index is 435. The van der Waals surface area contributed by atoms with E-state index in [0.717, 1.165) is 6.07 Å². The lowest BCUT2D eigenvalue weighted by atomic mass is 10.5. The summed E-state index contributed by atoms with van der Waals surface area (Å²) in [4.78, 5) is 3.49. The van der Waals surface area contributed by atoms with Crippen LogP contribution in [0.5, 0.6) is 5.88 Å². The summed E-state index contributed by atoms with van der Waals surface area (Å²) in [6.07, 6.45) is 1.25. The van der Waals surface area contributed by atoms with E-state index >= 15 is 0 Å². The van der Waals surface area contributed by atoms with Gasteiger partial charge in [0.25, 0.3) is 5.88 Å². The highest BCUT2D eigenvalue weighted by Gasteiger charge is 2.14. The number of aromatic nitrogens is 1. The smallest absolute Gasteiger partial charge is 0.310 e. The van der Waals surface area contributed by atoms with Crippen LogP contribution < -0.4 is 4.18 Å². The Kier molecular flexibility index (Phi) is 3.43. The van der Waals surface area contributed by atoms with Crippen LogP contribution in [0.3, 0.4) is 0 Å². The van der Waals surface area contributed by atoms with Crippen LogP contribution in [-0.2, 0) is 10.1 Å². The summed E-state index contributed by atoms with van der Waals surface area (Å²) in [5.74, 6) is -1.59. The fourth-order valence-corrected chi connectivity index (χ4v) is 1.43. The van der Waals surface area contributed by atoms with Crippen LogP contribution in [-0.4, -0.2) is 19.2 Å². The first kappa shape index (κ1) is 11.4. The van der Waals surface area contributed by atoms with E-state index in [4.69, 9.17) is 0 Å². The van der Waals surface area contributed by atoms with Gasteiger partial charge in [-0.15, -0.1) is 0 Å². The summed E-state index contributed by atoms with van der Waals surface area (Å²) in [5, 5.41) is 0. The molecule has 0 saturated heterocycles. The van der Waals surface area contributed by atoms with Gasteiger partial charge < -0.3 is 4.18 Å². The van der Waals surface area contributed by atoms with Gasteiger partial charge in [-0.3, -0.25) is 0 Å². The molecule has 1 heterocycles. The normalized spacial score (nSPS) is 11.4. The van der Waals surface area contributed by atoms with Gasteiger partial charge in [-0.1, -0.05) is 0 Å². The Hall–Kier alpha value is -0.690. The lowest BCUT2D eigenvalue weighted by molar-refractivity contribution is 0.449. The first-order valence-corrected chi connectivity index (χ1v) is 6.05. The Labute approximate surface area is 89.4 Å². The van der Waals surface area contributed by atoms with E-state index in [0.29, 0.717) is 4.47 Å². The topological polar surface area (TPSA) is 56.3 Å². The quantitative estimate of drug-likeness (QED) is 0.793. The predicted octanol–water partition coefficient (Wildman–Crippen LogP) is 1.71. The highest BCUT2D eigenvalue weighted by Crippen LogP contribution is 2.19. The zero-order valence-corrected chi connectivity index (χ0v) is 9.60. The van der Waals surface area contributed by atoms with E-state index in [2.05, 4.69) is 25.1 Å². The molecule has 0 aliphatic rings. The average molecular weight is 284 g/mol. The van der Waals surface area contributed by atoms with E-state index < -0.39 is 21.8 Å². The molecule has 0 atom stereocenters. The minimum absolute atomic E-state index is 0.232. The molecule has 7 heteroatoms. The van der Waals surface area contributed by atoms with Crippen molar-refractivity contribution in [3.8, 4) is 5.88 Å². The molecule has 1 aromatic rings. The van der Waals surface area contributed by atoms with Gasteiger partial charge in [0.1, 0.15) is 0 Å². The van der Waals surface area contributed by atoms with Gasteiger partial charge in [0.15, 0.2) is 5.82 Å². The number of rotatable bonds is 3. The molecule has 0 unspecified atom stereocenters. The Morgan fingerprint density at radius 3 is 2.79 bits per heavy atom. The van der Waals surface area contributed by atoms with Crippen LogP contribution in [0.15, 0.2) is 16.7 Å². The second-order valence-electron chi connectivity index (χ2n) is 2.37. The maximum Gasteiger partial charge on any atom is 0.310 e. The van der Waals surface area contributed by atoms with Crippen molar-refractivity contribution in [2.45, 2.75) is 6.92 Å². The molecule has 4 nitrogen and oxygen atoms in total. The molecular formula is C7H7BrFNO3S. The van der Waals surface area contributed by atoms with E-state index in [1.807, 2.05) is 0 Å². The molecular weight excluding hydrogens is 277 g/mol. The molecule has 0 amide bonds. The van der Waals surface area contributed by atoms with Crippen LogP contribution in [0.25, 0.3) is 0 Å². The SMILES string of the molecule is CCS(=O)(=O)Oc1ncc(Br)cc1F. The first-order valence-electron chi connectivity index (χ1n) is 3.68. The van der Waals surface area contributed by atoms with Crippen molar-refractivity contribution in [2.75, 3.05) is 5.75 Å². The van der Waals surface area contributed by atoms with Gasteiger partial charge in [-0.05, 0) is 28.9 Å². The Morgan fingerprint density at radius 2 is 2.29 bits per heavy atom. The third-order valence-electron chi connectivity index (χ3n) is 1.33. The van der Waals surface area contributed by atoms with Crippen LogP contribution in [0.4, 0.5) is 4.39 Å². The van der Waals surface area contributed by atoms with Gasteiger partial charge >= 0.3 is 10.1 Å². The zero-order chi connectivity index (χ0) is 10.8. The van der Waals surface area contributed by atoms with E-state index in [1.165, 1.54) is 13.1 Å². The van der Waals surface area contributed by atoms with Gasteiger partial charge in [-0.25, -0.2) is 9.37 Å². The summed E-state index contributed by atoms with van der Waals surface area (Å²) in [6.45, 7) is 1.39. The molecule has 0 aliphatic carbocycles. The molecule has 0 aliphatic heterocycles. The standard InChI is InChI=1S/C7H7BrFNO3S/c1-2-14(11,12)13-7-6(9)3-5(8)4-10-7/h3-4H,2H2,1H3. The largest absolute Gasteiger partial charge is 0.358 e. The van der Waals surface area contributed by atoms with Crippen molar-refractivity contribution in [3.63, 3.8) is 0 Å². The van der Waals surface area contributed by atoms with Crippen LogP contribution in [0.2, 0.25) is 0 Å². The minimum atomic E-state index is -3.73. The van der Waals surface area contributed by atoms with Crippen molar-refractivity contribution in [1.29, 1.82) is 0 Å². The molecule has 78 valence electrons. The molecule has 14 heavy (non-hydrogen) atoms. The highest BCUT2D eigenvalue weighted by molar-refractivity contribution is 9.10. The molecule has 0 aromatic carbocycles. The highest BCUT2D eigenvalue weighted by atomic mass is 79.9. The second kappa shape index (κ2) is 4.22. The van der Waals surface area contributed by atoms with Gasteiger partial charge in [0.2, 0.25) is 0 Å². The summed E-state index contributed by atoms with van der Waals surface area (Å²) in [6, 6.07) is 1.08. The Balaban J connectivity index is 2.99. The number of nitrogens with zero attached hydrogens (tertiary/aromatic N) is 1. The molecule has 0 N–H and O–H groups in total. The van der Waals surface area contributed by atoms with Crippen LogP contribution >= 0.6 is 15.9 Å². The molecule has 0 saturated carbocycles. The monoisotopic (exact) mass is 283 g/mol. The number of hydrogen-bond acceptors (Lipinski definition) is 4. The third-order valence-corrected chi connectivity index (χ3v) is 2.89. The summed E-state index contributed by atoms with van der Waals surface area (Å²) >= 11 is 2.99. The maximum absolute atomic E-state index is 13.0. The molecule has 0 radical (unpaired) electrons. The average Bonchev–Trinajstić information content (AvgIpc) is 2.10. The number of pyridine rings is 1. The van der Waals surface area contributed by atoms with E-state index in [1.54, 1.807) is 0 Å². The minimum Gasteiger partial charge on any atom is -0.358 e. The summed E-state index contributed by atoms with van der Waals surface area (Å²) in [7, 11) is -3.73. The molecule has 0 spiro atoms. The molecule has 0 bridgehead atoms. The lowest BCUT2D eigenvalue weighted by Gasteiger charge is -2.04. The van der Waals surface area contributed by atoms with Crippen molar-refractivity contribution in [1.82, 2.24) is 4.98 Å². The number of hydrogen-bond donors (Lipinski definition) is 0. The summed E-state index contributed by atoms with van der Waals surface area (Å²) < 4.78 is 39.8. The molecule has 0 fully saturated rings. The Morgan fingerprint density at radius 1 is 1.64 bits per heavy atom. The zero-order valence-electron chi connectivity index (χ0n) is 7.20. The van der Waals surface area contributed by atoms with Gasteiger partial charge in [-0.2, -0.15) is 8.42 Å². The van der Waals surface area contributed by atoms with Crippen molar-refractivity contribution >= 4 is 26.0 Å². The molecule has 1 rings (SSSR count). The fraction of sp³-hybridized carbons (Fsp3) is 0.286. The number of halogens is 2. The van der Waals surface area contributed by atoms with E-state index in [-0.39, 0.29) is 5.75 Å². The summed E-state index contributed by atoms with van der Waals surface area (Å²) in [5.41, 5.74) is 0. The van der Waals surface area contributed by atoms with Crippen LogP contribution in [0.1, 0.15) is 6.92 Å². The second-order valence-corrected chi connectivity index (χ2v) is 5.15. The van der Waals surface area contributed by atoms with E-state index in [9.17, 15) is 12.8 Å². The van der Waals surface area contributed by atoms with Crippen molar-refractivity contribution in [2.24, 2.45) is 0 Å². The fourth-order valence-electron chi connectivity index (χ4n) is 0.643. The van der Waals surface area contributed by atoms with Crippen molar-refractivity contribution < 1.29 is 17.0 Å². The first-order chi connectivity index (χ1) is 6.44. The lowest BCUT2D eigenvalue weighted by Crippen LogP contribution is -2.13. The maximum atomic E-state index is 13.0. The predicted molar refractivity (Wildman–Crippen MR) is 52.0 cm³/mol. The molecule has 1 aromatic heterocycles.